The first kappa shape index (κ1) is 15.9. The van der Waals surface area contributed by atoms with E-state index in [0.29, 0.717) is 30.0 Å². The number of nitrogens with zero attached hydrogens (tertiary/aromatic N) is 2. The highest BCUT2D eigenvalue weighted by atomic mass is 16.5. The molecule has 21 heavy (non-hydrogen) atoms. The lowest BCUT2D eigenvalue weighted by atomic mass is 10.00. The maximum absolute atomic E-state index is 5.94. The molecule has 0 atom stereocenters. The molecule has 2 N–H and O–H groups in total. The summed E-state index contributed by atoms with van der Waals surface area (Å²) in [5, 5.41) is 0. The topological polar surface area (TPSA) is 60.6 Å². The Kier molecular flexibility index (Phi) is 5.67. The van der Waals surface area contributed by atoms with Crippen molar-refractivity contribution in [3.63, 3.8) is 0 Å². The quantitative estimate of drug-likeness (QED) is 0.873. The minimum atomic E-state index is 0.454. The highest BCUT2D eigenvalue weighted by molar-refractivity contribution is 5.54. The Labute approximate surface area is 127 Å². The third kappa shape index (κ3) is 4.77. The number of hydrogen-bond donors (Lipinski definition) is 1. The maximum atomic E-state index is 5.94. The second-order valence-electron chi connectivity index (χ2n) is 6.20. The summed E-state index contributed by atoms with van der Waals surface area (Å²) in [5.41, 5.74) is 6.53. The number of rotatable bonds is 6. The second-order valence-corrected chi connectivity index (χ2v) is 6.20. The second kappa shape index (κ2) is 7.50. The highest BCUT2D eigenvalue weighted by Crippen LogP contribution is 2.25. The van der Waals surface area contributed by atoms with Gasteiger partial charge in [-0.1, -0.05) is 13.8 Å². The van der Waals surface area contributed by atoms with Crippen molar-refractivity contribution in [1.82, 2.24) is 4.98 Å². The molecule has 1 aromatic heterocycles. The molecular weight excluding hydrogens is 266 g/mol. The molecule has 0 aromatic carbocycles. The molecule has 2 rings (SSSR count). The van der Waals surface area contributed by atoms with Crippen LogP contribution in [0.4, 0.5) is 11.5 Å². The van der Waals surface area contributed by atoms with E-state index in [1.54, 1.807) is 0 Å². The van der Waals surface area contributed by atoms with Gasteiger partial charge in [0, 0.05) is 26.8 Å². The fraction of sp³-hybridized carbons (Fsp3) is 0.688. The Hall–Kier alpha value is -1.49. The molecule has 2 heterocycles. The Balaban J connectivity index is 1.99. The summed E-state index contributed by atoms with van der Waals surface area (Å²) in [6, 6.07) is 3.83. The van der Waals surface area contributed by atoms with Crippen LogP contribution in [-0.4, -0.2) is 38.4 Å². The lowest BCUT2D eigenvalue weighted by molar-refractivity contribution is 0.0685. The smallest absolute Gasteiger partial charge is 0.239 e. The average Bonchev–Trinajstić information content (AvgIpc) is 2.47. The average molecular weight is 293 g/mol. The van der Waals surface area contributed by atoms with Gasteiger partial charge in [-0.25, -0.2) is 0 Å². The molecule has 118 valence electrons. The first-order valence-electron chi connectivity index (χ1n) is 7.74. The van der Waals surface area contributed by atoms with Crippen molar-refractivity contribution in [2.45, 2.75) is 26.7 Å². The van der Waals surface area contributed by atoms with Crippen LogP contribution in [-0.2, 0) is 4.74 Å². The molecule has 1 saturated heterocycles. The summed E-state index contributed by atoms with van der Waals surface area (Å²) in [7, 11) is 2.07. The molecule has 0 amide bonds. The molecule has 0 saturated carbocycles. The van der Waals surface area contributed by atoms with Gasteiger partial charge in [0.15, 0.2) is 0 Å². The maximum Gasteiger partial charge on any atom is 0.239 e. The molecule has 0 spiro atoms. The summed E-state index contributed by atoms with van der Waals surface area (Å²) < 4.78 is 11.1. The van der Waals surface area contributed by atoms with Crippen molar-refractivity contribution in [2.75, 3.05) is 44.0 Å². The van der Waals surface area contributed by atoms with Crippen LogP contribution in [0.15, 0.2) is 12.1 Å². The Morgan fingerprint density at radius 2 is 2.10 bits per heavy atom. The van der Waals surface area contributed by atoms with Crippen LogP contribution in [0.3, 0.4) is 0 Å². The summed E-state index contributed by atoms with van der Waals surface area (Å²) >= 11 is 0. The molecule has 5 heteroatoms. The minimum absolute atomic E-state index is 0.454. The standard InChI is InChI=1S/C16H27N3O2/c1-12(2)11-21-16-14(17)4-5-15(18-16)19(3)10-13-6-8-20-9-7-13/h4-5,12-13H,6-11,17H2,1-3H3. The molecule has 0 bridgehead atoms. The van der Waals surface area contributed by atoms with Crippen molar-refractivity contribution in [3.05, 3.63) is 12.1 Å². The minimum Gasteiger partial charge on any atom is -0.476 e. The third-order valence-corrected chi connectivity index (χ3v) is 3.69. The van der Waals surface area contributed by atoms with E-state index >= 15 is 0 Å². The van der Waals surface area contributed by atoms with E-state index in [2.05, 4.69) is 30.8 Å². The van der Waals surface area contributed by atoms with Crippen molar-refractivity contribution in [2.24, 2.45) is 11.8 Å². The molecular formula is C16H27N3O2. The van der Waals surface area contributed by atoms with E-state index in [9.17, 15) is 0 Å². The molecule has 0 aliphatic carbocycles. The van der Waals surface area contributed by atoms with Gasteiger partial charge in [-0.05, 0) is 36.8 Å². The molecule has 1 aliphatic heterocycles. The predicted molar refractivity (Wildman–Crippen MR) is 85.8 cm³/mol. The summed E-state index contributed by atoms with van der Waals surface area (Å²) in [6.45, 7) is 7.58. The number of ether oxygens (including phenoxy) is 2. The van der Waals surface area contributed by atoms with Crippen LogP contribution in [0.2, 0.25) is 0 Å². The van der Waals surface area contributed by atoms with Crippen molar-refractivity contribution >= 4 is 11.5 Å². The van der Waals surface area contributed by atoms with Crippen LogP contribution in [0.25, 0.3) is 0 Å². The zero-order valence-electron chi connectivity index (χ0n) is 13.3. The van der Waals surface area contributed by atoms with Gasteiger partial charge in [-0.3, -0.25) is 0 Å². The number of pyridine rings is 1. The molecule has 1 aromatic rings. The third-order valence-electron chi connectivity index (χ3n) is 3.69. The number of nitrogen functional groups attached to an aromatic ring is 1. The Morgan fingerprint density at radius 1 is 1.38 bits per heavy atom. The monoisotopic (exact) mass is 293 g/mol. The van der Waals surface area contributed by atoms with Gasteiger partial charge in [0.05, 0.1) is 12.3 Å². The number of hydrogen-bond acceptors (Lipinski definition) is 5. The molecule has 1 fully saturated rings. The SMILES string of the molecule is CC(C)COc1nc(N(C)CC2CCOCC2)ccc1N. The zero-order chi connectivity index (χ0) is 15.2. The van der Waals surface area contributed by atoms with Gasteiger partial charge in [0.25, 0.3) is 0 Å². The summed E-state index contributed by atoms with van der Waals surface area (Å²) in [5.74, 6) is 2.58. The Morgan fingerprint density at radius 3 is 2.76 bits per heavy atom. The predicted octanol–water partition coefficient (Wildman–Crippen LogP) is 2.56. The van der Waals surface area contributed by atoms with E-state index in [4.69, 9.17) is 15.2 Å². The molecule has 5 nitrogen and oxygen atoms in total. The fourth-order valence-electron chi connectivity index (χ4n) is 2.43. The van der Waals surface area contributed by atoms with Crippen LogP contribution in [0.5, 0.6) is 5.88 Å². The summed E-state index contributed by atoms with van der Waals surface area (Å²) in [6.07, 6.45) is 2.24. The number of nitrogens with two attached hydrogens (primary N) is 1. The lowest BCUT2D eigenvalue weighted by Crippen LogP contribution is -2.30. The van der Waals surface area contributed by atoms with Gasteiger partial charge in [0.1, 0.15) is 5.82 Å². The lowest BCUT2D eigenvalue weighted by Gasteiger charge is -2.28. The van der Waals surface area contributed by atoms with Gasteiger partial charge in [-0.2, -0.15) is 4.98 Å². The van der Waals surface area contributed by atoms with Crippen molar-refractivity contribution in [3.8, 4) is 5.88 Å². The van der Waals surface area contributed by atoms with Crippen LogP contribution >= 0.6 is 0 Å². The van der Waals surface area contributed by atoms with Gasteiger partial charge in [0.2, 0.25) is 5.88 Å². The van der Waals surface area contributed by atoms with Crippen molar-refractivity contribution < 1.29 is 9.47 Å². The zero-order valence-corrected chi connectivity index (χ0v) is 13.3. The first-order chi connectivity index (χ1) is 10.1. The van der Waals surface area contributed by atoms with Gasteiger partial charge in [-0.15, -0.1) is 0 Å². The first-order valence-corrected chi connectivity index (χ1v) is 7.74. The van der Waals surface area contributed by atoms with Gasteiger partial charge < -0.3 is 20.1 Å². The number of anilines is 2. The van der Waals surface area contributed by atoms with Crippen LogP contribution in [0.1, 0.15) is 26.7 Å². The van der Waals surface area contributed by atoms with E-state index in [1.807, 2.05) is 12.1 Å². The van der Waals surface area contributed by atoms with Crippen LogP contribution < -0.4 is 15.4 Å². The Bertz CT molecular complexity index is 445. The highest BCUT2D eigenvalue weighted by Gasteiger charge is 2.17. The van der Waals surface area contributed by atoms with E-state index in [-0.39, 0.29) is 0 Å². The molecule has 1 aliphatic rings. The molecule has 0 unspecified atom stereocenters. The van der Waals surface area contributed by atoms with E-state index in [1.165, 1.54) is 0 Å². The molecule has 0 radical (unpaired) electrons. The van der Waals surface area contributed by atoms with E-state index < -0.39 is 0 Å². The largest absolute Gasteiger partial charge is 0.476 e. The number of aromatic nitrogens is 1. The van der Waals surface area contributed by atoms with Gasteiger partial charge >= 0.3 is 0 Å². The van der Waals surface area contributed by atoms with Crippen molar-refractivity contribution in [1.29, 1.82) is 0 Å². The van der Waals surface area contributed by atoms with E-state index in [0.717, 1.165) is 38.4 Å². The normalized spacial score (nSPS) is 16.2. The summed E-state index contributed by atoms with van der Waals surface area (Å²) in [4.78, 5) is 6.74. The van der Waals surface area contributed by atoms with Crippen LogP contribution in [0, 0.1) is 11.8 Å². The fourth-order valence-corrected chi connectivity index (χ4v) is 2.43.